The number of aryl methyl sites for hydroxylation is 3. The smallest absolute Gasteiger partial charge is 0.234 e. The zero-order valence-electron chi connectivity index (χ0n) is 18.0. The molecule has 7 nitrogen and oxygen atoms in total. The average molecular weight is 438 g/mol. The van der Waals surface area contributed by atoms with Gasteiger partial charge in [-0.1, -0.05) is 36.0 Å². The largest absolute Gasteiger partial charge is 0.326 e. The van der Waals surface area contributed by atoms with Crippen LogP contribution >= 0.6 is 11.8 Å². The number of carbonyl (C=O) groups excluding carboxylic acids is 2. The van der Waals surface area contributed by atoms with E-state index in [4.69, 9.17) is 0 Å². The van der Waals surface area contributed by atoms with Crippen molar-refractivity contribution < 1.29 is 9.59 Å². The van der Waals surface area contributed by atoms with E-state index in [1.165, 1.54) is 11.8 Å². The maximum absolute atomic E-state index is 12.4. The van der Waals surface area contributed by atoms with E-state index < -0.39 is 0 Å². The van der Waals surface area contributed by atoms with Crippen LogP contribution < -0.4 is 10.6 Å². The van der Waals surface area contributed by atoms with E-state index in [0.29, 0.717) is 24.5 Å². The number of amides is 2. The second-order valence-electron chi connectivity index (χ2n) is 7.27. The molecule has 2 amide bonds. The monoisotopic (exact) mass is 437 g/mol. The quantitative estimate of drug-likeness (QED) is 0.490. The second kappa shape index (κ2) is 10.8. The highest BCUT2D eigenvalue weighted by molar-refractivity contribution is 7.99. The number of carbonyl (C=O) groups is 2. The molecule has 31 heavy (non-hydrogen) atoms. The number of aromatic nitrogens is 3. The first-order chi connectivity index (χ1) is 14.9. The van der Waals surface area contributed by atoms with Gasteiger partial charge in [0, 0.05) is 30.8 Å². The van der Waals surface area contributed by atoms with Crippen molar-refractivity contribution in [3.63, 3.8) is 0 Å². The van der Waals surface area contributed by atoms with Crippen molar-refractivity contribution in [1.29, 1.82) is 0 Å². The molecule has 3 aromatic rings. The summed E-state index contributed by atoms with van der Waals surface area (Å²) in [4.78, 5) is 24.6. The molecule has 0 spiro atoms. The lowest BCUT2D eigenvalue weighted by Gasteiger charge is -2.09. The van der Waals surface area contributed by atoms with Crippen LogP contribution in [0.4, 0.5) is 11.4 Å². The van der Waals surface area contributed by atoms with Gasteiger partial charge in [-0.15, -0.1) is 10.2 Å². The van der Waals surface area contributed by atoms with Gasteiger partial charge in [-0.2, -0.15) is 0 Å². The topological polar surface area (TPSA) is 88.9 Å². The van der Waals surface area contributed by atoms with Crippen LogP contribution in [0.15, 0.2) is 53.7 Å². The van der Waals surface area contributed by atoms with Gasteiger partial charge < -0.3 is 15.2 Å². The van der Waals surface area contributed by atoms with Crippen molar-refractivity contribution >= 4 is 35.0 Å². The fourth-order valence-corrected chi connectivity index (χ4v) is 4.09. The summed E-state index contributed by atoms with van der Waals surface area (Å²) in [6.07, 6.45) is 0.791. The first-order valence-electron chi connectivity index (χ1n) is 10.2. The molecule has 0 radical (unpaired) electrons. The lowest BCUT2D eigenvalue weighted by Crippen LogP contribution is -2.15. The molecule has 0 atom stereocenters. The highest BCUT2D eigenvalue weighted by atomic mass is 32.2. The SMILES string of the molecule is CCn1c(CCC(=O)Nc2ccccc2)nnc1SCC(=O)Nc1cc(C)cc(C)c1. The second-order valence-corrected chi connectivity index (χ2v) is 8.21. The van der Waals surface area contributed by atoms with Crippen LogP contribution in [-0.2, 0) is 22.6 Å². The van der Waals surface area contributed by atoms with E-state index in [1.807, 2.05) is 67.8 Å². The van der Waals surface area contributed by atoms with Crippen LogP contribution in [0.25, 0.3) is 0 Å². The molecule has 0 aliphatic rings. The summed E-state index contributed by atoms with van der Waals surface area (Å²) >= 11 is 1.34. The summed E-state index contributed by atoms with van der Waals surface area (Å²) in [6, 6.07) is 15.3. The zero-order valence-corrected chi connectivity index (χ0v) is 18.8. The lowest BCUT2D eigenvalue weighted by molar-refractivity contribution is -0.116. The summed E-state index contributed by atoms with van der Waals surface area (Å²) in [5, 5.41) is 14.9. The molecule has 0 bridgehead atoms. The van der Waals surface area contributed by atoms with Crippen LogP contribution in [0.3, 0.4) is 0 Å². The molecule has 0 aliphatic heterocycles. The van der Waals surface area contributed by atoms with Crippen molar-refractivity contribution in [2.24, 2.45) is 0 Å². The number of thioether (sulfide) groups is 1. The third-order valence-corrected chi connectivity index (χ3v) is 5.55. The molecule has 8 heteroatoms. The van der Waals surface area contributed by atoms with Gasteiger partial charge in [0.1, 0.15) is 5.82 Å². The van der Waals surface area contributed by atoms with Gasteiger partial charge >= 0.3 is 0 Å². The van der Waals surface area contributed by atoms with Crippen molar-refractivity contribution in [3.05, 3.63) is 65.5 Å². The minimum atomic E-state index is -0.0931. The summed E-state index contributed by atoms with van der Waals surface area (Å²) in [7, 11) is 0. The van der Waals surface area contributed by atoms with E-state index in [0.717, 1.165) is 28.3 Å². The van der Waals surface area contributed by atoms with Gasteiger partial charge in [-0.25, -0.2) is 0 Å². The predicted octanol–water partition coefficient (Wildman–Crippen LogP) is 4.22. The fourth-order valence-electron chi connectivity index (χ4n) is 3.27. The van der Waals surface area contributed by atoms with Gasteiger partial charge in [0.25, 0.3) is 0 Å². The first-order valence-corrected chi connectivity index (χ1v) is 11.2. The third-order valence-electron chi connectivity index (χ3n) is 4.58. The third kappa shape index (κ3) is 6.68. The highest BCUT2D eigenvalue weighted by Gasteiger charge is 2.15. The number of benzene rings is 2. The van der Waals surface area contributed by atoms with E-state index in [-0.39, 0.29) is 17.6 Å². The number of nitrogens with one attached hydrogen (secondary N) is 2. The Morgan fingerprint density at radius 2 is 1.61 bits per heavy atom. The Hall–Kier alpha value is -3.13. The number of hydrogen-bond donors (Lipinski definition) is 2. The Morgan fingerprint density at radius 1 is 0.935 bits per heavy atom. The molecule has 2 N–H and O–H groups in total. The van der Waals surface area contributed by atoms with Gasteiger partial charge in [0.15, 0.2) is 5.16 Å². The minimum absolute atomic E-state index is 0.0705. The molecule has 3 rings (SSSR count). The van der Waals surface area contributed by atoms with Crippen LogP contribution in [0.1, 0.15) is 30.3 Å². The van der Waals surface area contributed by atoms with Gasteiger partial charge in [0.2, 0.25) is 11.8 Å². The summed E-state index contributed by atoms with van der Waals surface area (Å²) < 4.78 is 1.95. The molecule has 0 fully saturated rings. The fraction of sp³-hybridized carbons (Fsp3) is 0.304. The first kappa shape index (κ1) is 22.6. The average Bonchev–Trinajstić information content (AvgIpc) is 3.12. The zero-order chi connectivity index (χ0) is 22.2. The predicted molar refractivity (Wildman–Crippen MR) is 124 cm³/mol. The van der Waals surface area contributed by atoms with E-state index >= 15 is 0 Å². The Labute approximate surface area is 186 Å². The van der Waals surface area contributed by atoms with E-state index in [1.54, 1.807) is 0 Å². The van der Waals surface area contributed by atoms with Gasteiger partial charge in [-0.3, -0.25) is 9.59 Å². The molecular weight excluding hydrogens is 410 g/mol. The number of para-hydroxylation sites is 1. The number of hydrogen-bond acceptors (Lipinski definition) is 5. The maximum Gasteiger partial charge on any atom is 0.234 e. The number of rotatable bonds is 9. The minimum Gasteiger partial charge on any atom is -0.326 e. The standard InChI is InChI=1S/C23H27N5O2S/c1-4-28-20(10-11-21(29)24-18-8-6-5-7-9-18)26-27-23(28)31-15-22(30)25-19-13-16(2)12-17(3)14-19/h5-9,12-14H,4,10-11,15H2,1-3H3,(H,24,29)(H,25,30). The molecule has 0 aliphatic carbocycles. The van der Waals surface area contributed by atoms with E-state index in [9.17, 15) is 9.59 Å². The molecule has 162 valence electrons. The molecule has 1 heterocycles. The van der Waals surface area contributed by atoms with Crippen molar-refractivity contribution in [3.8, 4) is 0 Å². The molecule has 0 unspecified atom stereocenters. The summed E-state index contributed by atoms with van der Waals surface area (Å²) in [5.74, 6) is 0.811. The summed E-state index contributed by atoms with van der Waals surface area (Å²) in [6.45, 7) is 6.67. The Kier molecular flexibility index (Phi) is 7.83. The Bertz CT molecular complexity index is 1030. The van der Waals surface area contributed by atoms with Gasteiger partial charge in [-0.05, 0) is 56.2 Å². The van der Waals surface area contributed by atoms with Crippen LogP contribution in [0.5, 0.6) is 0 Å². The van der Waals surface area contributed by atoms with Gasteiger partial charge in [0.05, 0.1) is 5.75 Å². The molecule has 1 aromatic heterocycles. The Balaban J connectivity index is 1.53. The number of nitrogens with zero attached hydrogens (tertiary/aromatic N) is 3. The normalized spacial score (nSPS) is 10.7. The Morgan fingerprint density at radius 3 is 2.29 bits per heavy atom. The highest BCUT2D eigenvalue weighted by Crippen LogP contribution is 2.19. The molecule has 0 saturated carbocycles. The maximum atomic E-state index is 12.4. The van der Waals surface area contributed by atoms with Crippen molar-refractivity contribution in [2.45, 2.75) is 45.3 Å². The lowest BCUT2D eigenvalue weighted by atomic mass is 10.1. The van der Waals surface area contributed by atoms with Crippen LogP contribution in [-0.4, -0.2) is 32.3 Å². The van der Waals surface area contributed by atoms with Crippen LogP contribution in [0.2, 0.25) is 0 Å². The van der Waals surface area contributed by atoms with Crippen LogP contribution in [0, 0.1) is 13.8 Å². The van der Waals surface area contributed by atoms with E-state index in [2.05, 4.69) is 26.9 Å². The summed E-state index contributed by atoms with van der Waals surface area (Å²) in [5.41, 5.74) is 3.78. The molecule has 0 saturated heterocycles. The molecular formula is C23H27N5O2S. The van der Waals surface area contributed by atoms with Crippen molar-refractivity contribution in [2.75, 3.05) is 16.4 Å². The molecule has 2 aromatic carbocycles. The van der Waals surface area contributed by atoms with Crippen molar-refractivity contribution in [1.82, 2.24) is 14.8 Å². The number of anilines is 2.